The van der Waals surface area contributed by atoms with E-state index in [2.05, 4.69) is 5.32 Å². The number of amides is 2. The third kappa shape index (κ3) is 3.79. The van der Waals surface area contributed by atoms with Crippen LogP contribution in [0.2, 0.25) is 0 Å². The Hall–Kier alpha value is 0.136. The summed E-state index contributed by atoms with van der Waals surface area (Å²) in [6, 6.07) is -1.59. The molecule has 0 radical (unpaired) electrons. The molecule has 0 bridgehead atoms. The summed E-state index contributed by atoms with van der Waals surface area (Å²) in [5, 5.41) is 13.6. The Labute approximate surface area is 176 Å². The van der Waals surface area contributed by atoms with Crippen molar-refractivity contribution in [3.8, 4) is 0 Å². The molecule has 6 nitrogen and oxygen atoms in total. The van der Waals surface area contributed by atoms with Gasteiger partial charge in [-0.25, -0.2) is 0 Å². The number of rotatable bonds is 5. The molecule has 0 aromatic rings. The Morgan fingerprint density at radius 3 is 2.59 bits per heavy atom. The van der Waals surface area contributed by atoms with E-state index in [1.165, 1.54) is 16.7 Å². The molecule has 8 heteroatoms. The average molecular weight is 350 g/mol. The summed E-state index contributed by atoms with van der Waals surface area (Å²) in [6.45, 7) is 5.51. The van der Waals surface area contributed by atoms with Crippen molar-refractivity contribution in [3.05, 3.63) is 12.2 Å². The molecule has 2 aliphatic rings. The van der Waals surface area contributed by atoms with Crippen molar-refractivity contribution in [2.45, 2.75) is 55.8 Å². The van der Waals surface area contributed by atoms with Crippen LogP contribution in [0.5, 0.6) is 0 Å². The molecular weight excluding hydrogens is 331 g/mol. The van der Waals surface area contributed by atoms with Crippen LogP contribution >= 0.6 is 11.8 Å². The molecule has 2 amide bonds. The minimum absolute atomic E-state index is 0. The molecule has 0 aromatic carbocycles. The van der Waals surface area contributed by atoms with Crippen molar-refractivity contribution in [1.29, 1.82) is 0 Å². The summed E-state index contributed by atoms with van der Waals surface area (Å²) in [5.41, 5.74) is 0. The van der Waals surface area contributed by atoms with E-state index in [1.807, 2.05) is 13.0 Å². The van der Waals surface area contributed by atoms with Gasteiger partial charge in [-0.2, -0.15) is 0 Å². The van der Waals surface area contributed by atoms with E-state index < -0.39 is 22.8 Å². The molecule has 2 heterocycles. The normalized spacial score (nSPS) is 28.8. The van der Waals surface area contributed by atoms with E-state index in [-0.39, 0.29) is 75.0 Å². The van der Waals surface area contributed by atoms with Crippen LogP contribution in [-0.2, 0) is 14.4 Å². The number of allylic oxidation sites excluding steroid dienone is 1. The minimum atomic E-state index is -1.25. The summed E-state index contributed by atoms with van der Waals surface area (Å²) in [5.74, 6) is -1.83. The van der Waals surface area contributed by atoms with Gasteiger partial charge in [0.15, 0.2) is 0 Å². The number of carbonyl (C=O) groups is 3. The smallest absolute Gasteiger partial charge is 0.548 e. The molecule has 0 spiro atoms. The topological polar surface area (TPSA) is 89.5 Å². The van der Waals surface area contributed by atoms with Gasteiger partial charge in [0, 0.05) is 11.2 Å². The zero-order chi connectivity index (χ0) is 15.8. The van der Waals surface area contributed by atoms with Gasteiger partial charge in [0.2, 0.25) is 11.8 Å². The summed E-state index contributed by atoms with van der Waals surface area (Å²) < 4.78 is -0.624. The standard InChI is InChI=1S/C14H20N2O4S.K/c1-4-5-6-7-8(17)15-9-11(18)16-10(13(19)20)14(2,3)21-12(9)16;/h5-6,9-10,12H,4,7H2,1-3H3,(H,15,17)(H,19,20);/q;+1/p-1/t9-,10+,12-;/m1./s1. The molecule has 0 unspecified atom stereocenters. The first-order valence-corrected chi connectivity index (χ1v) is 7.82. The van der Waals surface area contributed by atoms with Gasteiger partial charge in [0.1, 0.15) is 11.4 Å². The molecule has 3 atom stereocenters. The molecule has 0 saturated carbocycles. The fraction of sp³-hybridized carbons (Fsp3) is 0.643. The Morgan fingerprint density at radius 2 is 2.05 bits per heavy atom. The van der Waals surface area contributed by atoms with Gasteiger partial charge in [-0.05, 0) is 20.3 Å². The minimum Gasteiger partial charge on any atom is -0.548 e. The van der Waals surface area contributed by atoms with Crippen molar-refractivity contribution >= 4 is 29.5 Å². The first-order chi connectivity index (χ1) is 9.79. The predicted molar refractivity (Wildman–Crippen MR) is 77.1 cm³/mol. The van der Waals surface area contributed by atoms with Crippen LogP contribution < -0.4 is 61.8 Å². The van der Waals surface area contributed by atoms with Gasteiger partial charge in [-0.3, -0.25) is 9.59 Å². The number of aliphatic carboxylic acids is 1. The second kappa shape index (κ2) is 7.81. The second-order valence-corrected chi connectivity index (χ2v) is 7.48. The van der Waals surface area contributed by atoms with E-state index in [0.29, 0.717) is 0 Å². The Morgan fingerprint density at radius 1 is 1.41 bits per heavy atom. The van der Waals surface area contributed by atoms with Crippen LogP contribution in [0.25, 0.3) is 0 Å². The van der Waals surface area contributed by atoms with Gasteiger partial charge in [0.05, 0.1) is 12.0 Å². The van der Waals surface area contributed by atoms with Crippen molar-refractivity contribution < 1.29 is 70.9 Å². The first kappa shape index (κ1) is 20.2. The van der Waals surface area contributed by atoms with Crippen molar-refractivity contribution in [2.24, 2.45) is 0 Å². The van der Waals surface area contributed by atoms with Crippen LogP contribution in [-0.4, -0.2) is 44.9 Å². The van der Waals surface area contributed by atoms with Crippen molar-refractivity contribution in [1.82, 2.24) is 10.2 Å². The molecule has 22 heavy (non-hydrogen) atoms. The fourth-order valence-electron chi connectivity index (χ4n) is 2.72. The van der Waals surface area contributed by atoms with Gasteiger partial charge in [-0.15, -0.1) is 11.8 Å². The molecule has 0 aliphatic carbocycles. The molecule has 0 aromatic heterocycles. The Kier molecular flexibility index (Phi) is 7.16. The number of carboxylic acid groups (broad SMARTS) is 1. The van der Waals surface area contributed by atoms with E-state index in [1.54, 1.807) is 19.9 Å². The predicted octanol–water partition coefficient (Wildman–Crippen LogP) is -3.36. The number of nitrogens with one attached hydrogen (secondary N) is 1. The number of β-lactam (4-membered cyclic amide) rings is 1. The third-order valence-corrected chi connectivity index (χ3v) is 5.26. The average Bonchev–Trinajstić information content (AvgIpc) is 2.65. The number of nitrogens with zero attached hydrogens (tertiary/aromatic N) is 1. The number of carboxylic acids is 1. The fourth-order valence-corrected chi connectivity index (χ4v) is 4.34. The van der Waals surface area contributed by atoms with Crippen molar-refractivity contribution in [3.63, 3.8) is 0 Å². The number of carbonyl (C=O) groups excluding carboxylic acids is 3. The molecule has 1 N–H and O–H groups in total. The van der Waals surface area contributed by atoms with Crippen LogP contribution in [0.4, 0.5) is 0 Å². The maximum absolute atomic E-state index is 12.1. The number of thioether (sulfide) groups is 1. The van der Waals surface area contributed by atoms with E-state index in [9.17, 15) is 19.5 Å². The Balaban J connectivity index is 0.00000242. The van der Waals surface area contributed by atoms with Crippen LogP contribution in [0.15, 0.2) is 12.2 Å². The Bertz CT molecular complexity index is 509. The third-order valence-electron chi connectivity index (χ3n) is 3.69. The maximum Gasteiger partial charge on any atom is 1.00 e. The van der Waals surface area contributed by atoms with Gasteiger partial charge in [0.25, 0.3) is 0 Å². The summed E-state index contributed by atoms with van der Waals surface area (Å²) in [4.78, 5) is 36.4. The molecule has 2 rings (SSSR count). The number of hydrogen-bond donors (Lipinski definition) is 1. The van der Waals surface area contributed by atoms with E-state index >= 15 is 0 Å². The van der Waals surface area contributed by atoms with Gasteiger partial charge in [-0.1, -0.05) is 19.1 Å². The van der Waals surface area contributed by atoms with Gasteiger partial charge >= 0.3 is 51.4 Å². The van der Waals surface area contributed by atoms with Crippen LogP contribution in [0, 0.1) is 0 Å². The zero-order valence-corrected chi connectivity index (χ0v) is 17.2. The van der Waals surface area contributed by atoms with Crippen molar-refractivity contribution in [2.75, 3.05) is 0 Å². The monoisotopic (exact) mass is 350 g/mol. The molecule has 2 saturated heterocycles. The van der Waals surface area contributed by atoms with Gasteiger partial charge < -0.3 is 20.1 Å². The van der Waals surface area contributed by atoms with E-state index in [4.69, 9.17) is 0 Å². The maximum atomic E-state index is 12.1. The molecule has 2 aliphatic heterocycles. The first-order valence-electron chi connectivity index (χ1n) is 6.94. The quantitative estimate of drug-likeness (QED) is 0.318. The van der Waals surface area contributed by atoms with E-state index in [0.717, 1.165) is 6.42 Å². The number of fused-ring (bicyclic) bond motifs is 1. The largest absolute Gasteiger partial charge is 1.00 e. The van der Waals surface area contributed by atoms with Crippen LogP contribution in [0.1, 0.15) is 33.6 Å². The second-order valence-electron chi connectivity index (χ2n) is 5.71. The van der Waals surface area contributed by atoms with Crippen LogP contribution in [0.3, 0.4) is 0 Å². The molecular formula is C14H19KN2O4S. The molecule has 2 fully saturated rings. The summed E-state index contributed by atoms with van der Waals surface area (Å²) in [7, 11) is 0. The summed E-state index contributed by atoms with van der Waals surface area (Å²) in [6.07, 6.45) is 4.71. The SMILES string of the molecule is CCC=CCC(=O)N[C@@H]1C(=O)N2[C@@H]1SC(C)(C)[C@@H]2C(=O)[O-].[K+]. The summed E-state index contributed by atoms with van der Waals surface area (Å²) >= 11 is 1.39. The number of hydrogen-bond acceptors (Lipinski definition) is 5. The molecule has 116 valence electrons. The zero-order valence-electron chi connectivity index (χ0n) is 13.3.